The van der Waals surface area contributed by atoms with Gasteiger partial charge in [-0.1, -0.05) is 30.3 Å². The number of fused-ring (bicyclic) bond motifs is 1. The van der Waals surface area contributed by atoms with Crippen LogP contribution in [-0.4, -0.2) is 25.0 Å². The monoisotopic (exact) mass is 281 g/mol. The maximum atomic E-state index is 12.5. The molecule has 0 unspecified atom stereocenters. The third-order valence-electron chi connectivity index (χ3n) is 3.41. The van der Waals surface area contributed by atoms with E-state index in [1.54, 1.807) is 32.4 Å². The van der Waals surface area contributed by atoms with E-state index in [0.717, 1.165) is 10.9 Å². The highest BCUT2D eigenvalue weighted by Crippen LogP contribution is 2.32. The SMILES string of the molecule is COc1cc(OC)c2cc(C(=O)c3ccccc3)[nH]c2c1. The summed E-state index contributed by atoms with van der Waals surface area (Å²) in [4.78, 5) is 15.6. The highest BCUT2D eigenvalue weighted by Gasteiger charge is 2.14. The van der Waals surface area contributed by atoms with Crippen molar-refractivity contribution in [3.63, 3.8) is 0 Å². The molecule has 1 aromatic heterocycles. The third-order valence-corrected chi connectivity index (χ3v) is 3.41. The molecule has 0 aliphatic carbocycles. The number of methoxy groups -OCH3 is 2. The fraction of sp³-hybridized carbons (Fsp3) is 0.118. The molecule has 106 valence electrons. The highest BCUT2D eigenvalue weighted by molar-refractivity contribution is 6.10. The third kappa shape index (κ3) is 2.36. The molecule has 0 saturated carbocycles. The molecule has 0 saturated heterocycles. The molecular formula is C17H15NO3. The number of ketones is 1. The Kier molecular flexibility index (Phi) is 3.36. The number of hydrogen-bond donors (Lipinski definition) is 1. The van der Waals surface area contributed by atoms with Gasteiger partial charge in [-0.05, 0) is 6.07 Å². The number of carbonyl (C=O) groups excluding carboxylic acids is 1. The van der Waals surface area contributed by atoms with Crippen molar-refractivity contribution in [2.24, 2.45) is 0 Å². The Labute approximate surface area is 122 Å². The van der Waals surface area contributed by atoms with E-state index in [0.29, 0.717) is 22.8 Å². The number of nitrogens with one attached hydrogen (secondary N) is 1. The van der Waals surface area contributed by atoms with Crippen molar-refractivity contribution in [1.82, 2.24) is 4.98 Å². The van der Waals surface area contributed by atoms with Crippen LogP contribution in [0.1, 0.15) is 16.1 Å². The van der Waals surface area contributed by atoms with Crippen LogP contribution in [0, 0.1) is 0 Å². The number of benzene rings is 2. The topological polar surface area (TPSA) is 51.3 Å². The van der Waals surface area contributed by atoms with Crippen LogP contribution in [0.25, 0.3) is 10.9 Å². The molecule has 3 aromatic rings. The highest BCUT2D eigenvalue weighted by atomic mass is 16.5. The average Bonchev–Trinajstić information content (AvgIpc) is 2.97. The molecule has 0 spiro atoms. The number of H-pyrrole nitrogens is 1. The average molecular weight is 281 g/mol. The van der Waals surface area contributed by atoms with Gasteiger partial charge in [0.15, 0.2) is 0 Å². The van der Waals surface area contributed by atoms with Crippen molar-refractivity contribution in [3.8, 4) is 11.5 Å². The summed E-state index contributed by atoms with van der Waals surface area (Å²) in [7, 11) is 3.19. The van der Waals surface area contributed by atoms with Gasteiger partial charge < -0.3 is 14.5 Å². The standard InChI is InChI=1S/C17H15NO3/c1-20-12-8-14-13(16(9-12)21-2)10-15(18-14)17(19)11-6-4-3-5-7-11/h3-10,18H,1-2H3. The molecule has 1 N–H and O–H groups in total. The Morgan fingerprint density at radius 2 is 1.76 bits per heavy atom. The van der Waals surface area contributed by atoms with Gasteiger partial charge >= 0.3 is 0 Å². The van der Waals surface area contributed by atoms with Gasteiger partial charge in [0.1, 0.15) is 11.5 Å². The Balaban J connectivity index is 2.11. The molecule has 0 aliphatic rings. The predicted molar refractivity (Wildman–Crippen MR) is 81.3 cm³/mol. The first-order valence-corrected chi connectivity index (χ1v) is 6.57. The lowest BCUT2D eigenvalue weighted by atomic mass is 10.1. The van der Waals surface area contributed by atoms with Gasteiger partial charge in [0.2, 0.25) is 5.78 Å². The maximum absolute atomic E-state index is 12.5. The summed E-state index contributed by atoms with van der Waals surface area (Å²) in [6.45, 7) is 0. The molecule has 1 heterocycles. The fourth-order valence-electron chi connectivity index (χ4n) is 2.33. The van der Waals surface area contributed by atoms with Crippen molar-refractivity contribution < 1.29 is 14.3 Å². The first kappa shape index (κ1) is 13.2. The lowest BCUT2D eigenvalue weighted by Crippen LogP contribution is -2.00. The predicted octanol–water partition coefficient (Wildman–Crippen LogP) is 3.42. The summed E-state index contributed by atoms with van der Waals surface area (Å²) in [6, 6.07) is 14.6. The summed E-state index contributed by atoms with van der Waals surface area (Å²) in [5.74, 6) is 1.31. The minimum absolute atomic E-state index is 0.0483. The van der Waals surface area contributed by atoms with Crippen LogP contribution in [0.5, 0.6) is 11.5 Å². The molecule has 4 nitrogen and oxygen atoms in total. The second-order valence-electron chi connectivity index (χ2n) is 4.67. The molecule has 0 atom stereocenters. The Morgan fingerprint density at radius 1 is 1.00 bits per heavy atom. The molecule has 21 heavy (non-hydrogen) atoms. The molecule has 0 amide bonds. The van der Waals surface area contributed by atoms with Gasteiger partial charge in [0.05, 0.1) is 25.4 Å². The van der Waals surface area contributed by atoms with Crippen molar-refractivity contribution in [1.29, 1.82) is 0 Å². The van der Waals surface area contributed by atoms with Gasteiger partial charge in [-0.2, -0.15) is 0 Å². The van der Waals surface area contributed by atoms with E-state index >= 15 is 0 Å². The van der Waals surface area contributed by atoms with Crippen molar-refractivity contribution in [3.05, 3.63) is 59.8 Å². The number of aromatic nitrogens is 1. The van der Waals surface area contributed by atoms with E-state index in [2.05, 4.69) is 4.98 Å². The van der Waals surface area contributed by atoms with Crippen LogP contribution in [-0.2, 0) is 0 Å². The molecule has 0 fully saturated rings. The fourth-order valence-corrected chi connectivity index (χ4v) is 2.33. The van der Waals surface area contributed by atoms with Gasteiger partial charge in [-0.3, -0.25) is 4.79 Å². The number of carbonyl (C=O) groups is 1. The van der Waals surface area contributed by atoms with Crippen LogP contribution in [0.2, 0.25) is 0 Å². The van der Waals surface area contributed by atoms with E-state index in [1.165, 1.54) is 0 Å². The van der Waals surface area contributed by atoms with E-state index < -0.39 is 0 Å². The molecule has 2 aromatic carbocycles. The van der Waals surface area contributed by atoms with E-state index in [9.17, 15) is 4.79 Å². The van der Waals surface area contributed by atoms with Crippen LogP contribution in [0.4, 0.5) is 0 Å². The second kappa shape index (κ2) is 5.32. The number of hydrogen-bond acceptors (Lipinski definition) is 3. The van der Waals surface area contributed by atoms with E-state index in [-0.39, 0.29) is 5.78 Å². The second-order valence-corrected chi connectivity index (χ2v) is 4.67. The summed E-state index contributed by atoms with van der Waals surface area (Å²) < 4.78 is 10.6. The van der Waals surface area contributed by atoms with Crippen molar-refractivity contribution >= 4 is 16.7 Å². The quantitative estimate of drug-likeness (QED) is 0.745. The minimum Gasteiger partial charge on any atom is -0.497 e. The lowest BCUT2D eigenvalue weighted by molar-refractivity contribution is 0.103. The van der Waals surface area contributed by atoms with Crippen LogP contribution >= 0.6 is 0 Å². The molecule has 0 radical (unpaired) electrons. The van der Waals surface area contributed by atoms with E-state index in [4.69, 9.17) is 9.47 Å². The summed E-state index contributed by atoms with van der Waals surface area (Å²) in [5.41, 5.74) is 1.99. The Hall–Kier alpha value is -2.75. The van der Waals surface area contributed by atoms with Crippen LogP contribution < -0.4 is 9.47 Å². The maximum Gasteiger partial charge on any atom is 0.209 e. The molecular weight excluding hydrogens is 266 g/mol. The van der Waals surface area contributed by atoms with Crippen molar-refractivity contribution in [2.75, 3.05) is 14.2 Å². The smallest absolute Gasteiger partial charge is 0.209 e. The molecule has 4 heteroatoms. The number of rotatable bonds is 4. The summed E-state index contributed by atoms with van der Waals surface area (Å²) >= 11 is 0. The van der Waals surface area contributed by atoms with Gasteiger partial charge in [-0.15, -0.1) is 0 Å². The van der Waals surface area contributed by atoms with Gasteiger partial charge in [-0.25, -0.2) is 0 Å². The largest absolute Gasteiger partial charge is 0.497 e. The minimum atomic E-state index is -0.0483. The lowest BCUT2D eigenvalue weighted by Gasteiger charge is -2.04. The summed E-state index contributed by atoms with van der Waals surface area (Å²) in [5, 5.41) is 0.859. The first-order valence-electron chi connectivity index (χ1n) is 6.57. The van der Waals surface area contributed by atoms with Crippen LogP contribution in [0.15, 0.2) is 48.5 Å². The zero-order valence-electron chi connectivity index (χ0n) is 11.8. The molecule has 0 bridgehead atoms. The summed E-state index contributed by atoms with van der Waals surface area (Å²) in [6.07, 6.45) is 0. The van der Waals surface area contributed by atoms with Crippen LogP contribution in [0.3, 0.4) is 0 Å². The normalized spacial score (nSPS) is 10.6. The zero-order valence-corrected chi connectivity index (χ0v) is 11.8. The molecule has 0 aliphatic heterocycles. The number of aromatic amines is 1. The van der Waals surface area contributed by atoms with E-state index in [1.807, 2.05) is 30.3 Å². The molecule has 3 rings (SSSR count). The Bertz CT molecular complexity index is 790. The number of ether oxygens (including phenoxy) is 2. The van der Waals surface area contributed by atoms with Crippen molar-refractivity contribution in [2.45, 2.75) is 0 Å². The van der Waals surface area contributed by atoms with Gasteiger partial charge in [0, 0.05) is 23.1 Å². The Morgan fingerprint density at radius 3 is 2.43 bits per heavy atom. The van der Waals surface area contributed by atoms with Gasteiger partial charge in [0.25, 0.3) is 0 Å². The first-order chi connectivity index (χ1) is 10.2. The zero-order chi connectivity index (χ0) is 14.8.